The molecule has 1 aliphatic heterocycles. The molecular formula is C13H20N2O2. The minimum absolute atomic E-state index is 0.324. The van der Waals surface area contributed by atoms with E-state index in [4.69, 9.17) is 10.5 Å². The van der Waals surface area contributed by atoms with Gasteiger partial charge in [0.1, 0.15) is 0 Å². The molecule has 1 fully saturated rings. The minimum atomic E-state index is 0.324. The van der Waals surface area contributed by atoms with E-state index in [0.29, 0.717) is 12.6 Å². The molecule has 1 heterocycles. The molecule has 2 N–H and O–H groups in total. The summed E-state index contributed by atoms with van der Waals surface area (Å²) in [6.45, 7) is 2.31. The molecule has 0 spiro atoms. The third-order valence-corrected chi connectivity index (χ3v) is 2.42. The number of nitrogens with two attached hydrogens (primary N) is 1. The van der Waals surface area contributed by atoms with Crippen LogP contribution in [-0.2, 0) is 16.1 Å². The summed E-state index contributed by atoms with van der Waals surface area (Å²) in [6.07, 6.45) is 1.87. The number of carbonyl (C=O) groups excluding carboxylic acids is 1. The molecule has 1 saturated heterocycles. The predicted molar refractivity (Wildman–Crippen MR) is 67.4 cm³/mol. The second-order valence-corrected chi connectivity index (χ2v) is 4.13. The van der Waals surface area contributed by atoms with Crippen molar-refractivity contribution in [1.29, 1.82) is 0 Å². The lowest BCUT2D eigenvalue weighted by Crippen LogP contribution is -2.18. The molecule has 4 heteroatoms. The quantitative estimate of drug-likeness (QED) is 0.797. The van der Waals surface area contributed by atoms with Crippen molar-refractivity contribution >= 4 is 6.41 Å². The summed E-state index contributed by atoms with van der Waals surface area (Å²) in [5.74, 6) is 0. The third-order valence-electron chi connectivity index (χ3n) is 2.42. The molecule has 1 atom stereocenters. The van der Waals surface area contributed by atoms with Gasteiger partial charge in [0.25, 0.3) is 0 Å². The number of benzene rings is 1. The Hall–Kier alpha value is -1.39. The van der Waals surface area contributed by atoms with Crippen molar-refractivity contribution in [3.05, 3.63) is 35.9 Å². The fourth-order valence-corrected chi connectivity index (χ4v) is 1.46. The second-order valence-electron chi connectivity index (χ2n) is 4.13. The maximum Gasteiger partial charge on any atom is 0.209 e. The van der Waals surface area contributed by atoms with E-state index in [9.17, 15) is 4.79 Å². The SMILES string of the molecule is CN(C=O)Cc1ccccc1.NC1CCOC1. The lowest BCUT2D eigenvalue weighted by atomic mass is 10.2. The first kappa shape index (κ1) is 13.7. The van der Waals surface area contributed by atoms with Crippen molar-refractivity contribution in [2.75, 3.05) is 20.3 Å². The lowest BCUT2D eigenvalue weighted by molar-refractivity contribution is -0.117. The molecule has 1 unspecified atom stereocenters. The van der Waals surface area contributed by atoms with Gasteiger partial charge in [-0.1, -0.05) is 30.3 Å². The minimum Gasteiger partial charge on any atom is -0.380 e. The van der Waals surface area contributed by atoms with Crippen LogP contribution in [0.4, 0.5) is 0 Å². The molecule has 1 aromatic carbocycles. The molecule has 0 bridgehead atoms. The topological polar surface area (TPSA) is 55.6 Å². The highest BCUT2D eigenvalue weighted by atomic mass is 16.5. The normalized spacial score (nSPS) is 18.1. The number of hydrogen-bond donors (Lipinski definition) is 1. The number of rotatable bonds is 3. The van der Waals surface area contributed by atoms with Gasteiger partial charge in [-0.25, -0.2) is 0 Å². The Balaban J connectivity index is 0.000000202. The van der Waals surface area contributed by atoms with Crippen LogP contribution in [0, 0.1) is 0 Å². The Labute approximate surface area is 102 Å². The van der Waals surface area contributed by atoms with E-state index in [1.165, 1.54) is 0 Å². The molecule has 0 aliphatic carbocycles. The summed E-state index contributed by atoms with van der Waals surface area (Å²) < 4.78 is 4.93. The van der Waals surface area contributed by atoms with Gasteiger partial charge >= 0.3 is 0 Å². The van der Waals surface area contributed by atoms with Crippen molar-refractivity contribution in [3.63, 3.8) is 0 Å². The fraction of sp³-hybridized carbons (Fsp3) is 0.462. The number of nitrogens with zero attached hydrogens (tertiary/aromatic N) is 1. The number of hydrogen-bond acceptors (Lipinski definition) is 3. The van der Waals surface area contributed by atoms with Crippen molar-refractivity contribution in [2.45, 2.75) is 19.0 Å². The fourth-order valence-electron chi connectivity index (χ4n) is 1.46. The molecule has 0 saturated carbocycles. The van der Waals surface area contributed by atoms with Gasteiger partial charge in [0.2, 0.25) is 6.41 Å². The number of amides is 1. The van der Waals surface area contributed by atoms with Gasteiger partial charge in [-0.05, 0) is 12.0 Å². The predicted octanol–water partition coefficient (Wildman–Crippen LogP) is 1.01. The molecule has 1 aliphatic rings. The van der Waals surface area contributed by atoms with Crippen LogP contribution in [0.5, 0.6) is 0 Å². The van der Waals surface area contributed by atoms with Gasteiger partial charge in [-0.15, -0.1) is 0 Å². The summed E-state index contributed by atoms with van der Waals surface area (Å²) in [5.41, 5.74) is 6.56. The van der Waals surface area contributed by atoms with Gasteiger partial charge in [-0.2, -0.15) is 0 Å². The first-order chi connectivity index (χ1) is 8.22. The van der Waals surface area contributed by atoms with Gasteiger partial charge in [0, 0.05) is 26.2 Å². The zero-order valence-corrected chi connectivity index (χ0v) is 10.2. The van der Waals surface area contributed by atoms with Crippen LogP contribution < -0.4 is 5.73 Å². The maximum atomic E-state index is 10.2. The maximum absolute atomic E-state index is 10.2. The second kappa shape index (κ2) is 7.81. The molecule has 94 valence electrons. The van der Waals surface area contributed by atoms with Gasteiger partial charge in [0.15, 0.2) is 0 Å². The monoisotopic (exact) mass is 236 g/mol. The summed E-state index contributed by atoms with van der Waals surface area (Å²) in [4.78, 5) is 11.8. The van der Waals surface area contributed by atoms with Crippen molar-refractivity contribution < 1.29 is 9.53 Å². The number of ether oxygens (including phenoxy) is 1. The summed E-state index contributed by atoms with van der Waals surface area (Å²) in [6, 6.07) is 10.2. The largest absolute Gasteiger partial charge is 0.380 e. The van der Waals surface area contributed by atoms with Crippen LogP contribution in [0.15, 0.2) is 30.3 Å². The average Bonchev–Trinajstić information content (AvgIpc) is 2.82. The summed E-state index contributed by atoms with van der Waals surface area (Å²) >= 11 is 0. The lowest BCUT2D eigenvalue weighted by Gasteiger charge is -2.09. The van der Waals surface area contributed by atoms with Gasteiger partial charge in [0.05, 0.1) is 6.61 Å². The Morgan fingerprint density at radius 2 is 2.18 bits per heavy atom. The molecular weight excluding hydrogens is 216 g/mol. The van der Waals surface area contributed by atoms with Crippen molar-refractivity contribution in [3.8, 4) is 0 Å². The average molecular weight is 236 g/mol. The molecule has 17 heavy (non-hydrogen) atoms. The van der Waals surface area contributed by atoms with Crippen LogP contribution in [-0.4, -0.2) is 37.6 Å². The molecule has 2 rings (SSSR count). The molecule has 1 aromatic rings. The highest BCUT2D eigenvalue weighted by Gasteiger charge is 2.08. The van der Waals surface area contributed by atoms with E-state index in [-0.39, 0.29) is 0 Å². The van der Waals surface area contributed by atoms with Crippen molar-refractivity contribution in [1.82, 2.24) is 4.90 Å². The van der Waals surface area contributed by atoms with E-state index in [0.717, 1.165) is 31.6 Å². The van der Waals surface area contributed by atoms with Crippen LogP contribution >= 0.6 is 0 Å². The standard InChI is InChI=1S/C9H11NO.C4H9NO/c1-10(8-11)7-9-5-3-2-4-6-9;5-4-1-2-6-3-4/h2-6,8H,7H2,1H3;4H,1-3,5H2. The molecule has 0 aromatic heterocycles. The Kier molecular flexibility index (Phi) is 6.29. The Morgan fingerprint density at radius 1 is 1.47 bits per heavy atom. The Morgan fingerprint density at radius 3 is 2.59 bits per heavy atom. The van der Waals surface area contributed by atoms with E-state index >= 15 is 0 Å². The van der Waals surface area contributed by atoms with Crippen LogP contribution in [0.3, 0.4) is 0 Å². The smallest absolute Gasteiger partial charge is 0.209 e. The van der Waals surface area contributed by atoms with E-state index < -0.39 is 0 Å². The summed E-state index contributed by atoms with van der Waals surface area (Å²) in [5, 5.41) is 0. The van der Waals surface area contributed by atoms with Gasteiger partial charge in [-0.3, -0.25) is 4.79 Å². The zero-order valence-electron chi connectivity index (χ0n) is 10.2. The first-order valence-electron chi connectivity index (χ1n) is 5.75. The van der Waals surface area contributed by atoms with Crippen LogP contribution in [0.2, 0.25) is 0 Å². The molecule has 0 radical (unpaired) electrons. The van der Waals surface area contributed by atoms with E-state index in [1.807, 2.05) is 30.3 Å². The highest BCUT2D eigenvalue weighted by molar-refractivity contribution is 5.46. The Bertz CT molecular complexity index is 310. The summed E-state index contributed by atoms with van der Waals surface area (Å²) in [7, 11) is 1.76. The van der Waals surface area contributed by atoms with E-state index in [1.54, 1.807) is 11.9 Å². The molecule has 4 nitrogen and oxygen atoms in total. The van der Waals surface area contributed by atoms with Crippen molar-refractivity contribution in [2.24, 2.45) is 5.73 Å². The number of carbonyl (C=O) groups is 1. The third kappa shape index (κ3) is 6.04. The van der Waals surface area contributed by atoms with Crippen LogP contribution in [0.1, 0.15) is 12.0 Å². The zero-order chi connectivity index (χ0) is 12.5. The first-order valence-corrected chi connectivity index (χ1v) is 5.75. The van der Waals surface area contributed by atoms with Gasteiger partial charge < -0.3 is 15.4 Å². The highest BCUT2D eigenvalue weighted by Crippen LogP contribution is 2.00. The molecule has 1 amide bonds. The van der Waals surface area contributed by atoms with Crippen LogP contribution in [0.25, 0.3) is 0 Å². The van der Waals surface area contributed by atoms with E-state index in [2.05, 4.69) is 0 Å².